The molecule has 0 unspecified atom stereocenters. The largest absolute Gasteiger partial charge is 0.449 e. The number of rotatable bonds is 7. The third-order valence-corrected chi connectivity index (χ3v) is 5.12. The summed E-state index contributed by atoms with van der Waals surface area (Å²) in [6.45, 7) is 0.558. The number of carbonyl (C=O) groups is 1. The first-order valence-electron chi connectivity index (χ1n) is 9.30. The van der Waals surface area contributed by atoms with Crippen LogP contribution in [0.2, 0.25) is 0 Å². The number of hydrogen-bond acceptors (Lipinski definition) is 4. The Hall–Kier alpha value is -2.19. The van der Waals surface area contributed by atoms with E-state index >= 15 is 0 Å². The van der Waals surface area contributed by atoms with Crippen LogP contribution in [0.15, 0.2) is 42.5 Å². The van der Waals surface area contributed by atoms with Gasteiger partial charge in [-0.1, -0.05) is 30.3 Å². The fraction of sp³-hybridized carbons (Fsp3) is 0.381. The lowest BCUT2D eigenvalue weighted by Gasteiger charge is -2.24. The van der Waals surface area contributed by atoms with Gasteiger partial charge >= 0.3 is 6.09 Å². The molecular weight excluding hydrogens is 403 g/mol. The van der Waals surface area contributed by atoms with Crippen LogP contribution in [0.4, 0.5) is 18.0 Å². The van der Waals surface area contributed by atoms with Gasteiger partial charge in [0.2, 0.25) is 0 Å². The standard InChI is InChI=1S/C21H22F3NO3S/c22-18-10-20(24)19(23)8-15(18)12-27-13-16-9-17(29)11-25(16)21(26)28-7-6-14-4-2-1-3-5-14/h1-5,8,10,16-17,29H,6-7,9,11-13H2/t16-,17+/m0/s1. The van der Waals surface area contributed by atoms with E-state index in [2.05, 4.69) is 12.6 Å². The van der Waals surface area contributed by atoms with E-state index in [0.717, 1.165) is 11.6 Å². The van der Waals surface area contributed by atoms with Crippen molar-refractivity contribution < 1.29 is 27.4 Å². The number of likely N-dealkylation sites (tertiary alicyclic amines) is 1. The van der Waals surface area contributed by atoms with Gasteiger partial charge in [-0.3, -0.25) is 0 Å². The van der Waals surface area contributed by atoms with E-state index in [1.54, 1.807) is 4.90 Å². The molecule has 0 aliphatic carbocycles. The van der Waals surface area contributed by atoms with Crippen molar-refractivity contribution in [1.29, 1.82) is 0 Å². The maximum Gasteiger partial charge on any atom is 0.410 e. The Morgan fingerprint density at radius 2 is 1.83 bits per heavy atom. The van der Waals surface area contributed by atoms with Crippen molar-refractivity contribution in [3.05, 3.63) is 71.0 Å². The minimum Gasteiger partial charge on any atom is -0.449 e. The predicted octanol–water partition coefficient (Wildman–Crippen LogP) is 4.37. The molecule has 0 bridgehead atoms. The molecule has 0 aromatic heterocycles. The van der Waals surface area contributed by atoms with E-state index in [4.69, 9.17) is 9.47 Å². The average Bonchev–Trinajstić information content (AvgIpc) is 3.07. The summed E-state index contributed by atoms with van der Waals surface area (Å²) in [7, 11) is 0. The first-order chi connectivity index (χ1) is 13.9. The van der Waals surface area contributed by atoms with E-state index in [1.807, 2.05) is 30.3 Å². The molecule has 1 aliphatic heterocycles. The Balaban J connectivity index is 1.49. The van der Waals surface area contributed by atoms with Crippen molar-refractivity contribution >= 4 is 18.7 Å². The number of nitrogens with zero attached hydrogens (tertiary/aromatic N) is 1. The lowest BCUT2D eigenvalue weighted by molar-refractivity contribution is 0.0512. The zero-order valence-corrected chi connectivity index (χ0v) is 16.6. The van der Waals surface area contributed by atoms with E-state index in [9.17, 15) is 18.0 Å². The molecule has 3 rings (SSSR count). The van der Waals surface area contributed by atoms with Gasteiger partial charge in [0, 0.05) is 29.8 Å². The zero-order valence-electron chi connectivity index (χ0n) is 15.7. The lowest BCUT2D eigenvalue weighted by atomic mass is 10.2. The van der Waals surface area contributed by atoms with Crippen LogP contribution in [0, 0.1) is 17.5 Å². The first kappa shape index (κ1) is 21.5. The number of amides is 1. The number of thiol groups is 1. The molecule has 1 fully saturated rings. The van der Waals surface area contributed by atoms with E-state index in [0.29, 0.717) is 25.5 Å². The lowest BCUT2D eigenvalue weighted by Crippen LogP contribution is -2.39. The monoisotopic (exact) mass is 425 g/mol. The van der Waals surface area contributed by atoms with Crippen molar-refractivity contribution in [2.24, 2.45) is 0 Å². The molecule has 0 spiro atoms. The molecule has 1 amide bonds. The highest BCUT2D eigenvalue weighted by molar-refractivity contribution is 7.81. The Morgan fingerprint density at radius 3 is 2.59 bits per heavy atom. The Labute approximate surface area is 173 Å². The van der Waals surface area contributed by atoms with Crippen LogP contribution in [0.25, 0.3) is 0 Å². The summed E-state index contributed by atoms with van der Waals surface area (Å²) in [6, 6.07) is 10.7. The molecule has 2 aromatic carbocycles. The van der Waals surface area contributed by atoms with Gasteiger partial charge in [0.25, 0.3) is 0 Å². The molecule has 0 N–H and O–H groups in total. The minimum atomic E-state index is -1.25. The maximum absolute atomic E-state index is 13.7. The van der Waals surface area contributed by atoms with Crippen molar-refractivity contribution in [2.75, 3.05) is 19.8 Å². The summed E-state index contributed by atoms with van der Waals surface area (Å²) in [5.41, 5.74) is 0.989. The summed E-state index contributed by atoms with van der Waals surface area (Å²) < 4.78 is 50.8. The van der Waals surface area contributed by atoms with Gasteiger partial charge in [-0.15, -0.1) is 0 Å². The van der Waals surface area contributed by atoms with Crippen molar-refractivity contribution in [1.82, 2.24) is 4.90 Å². The molecule has 0 radical (unpaired) electrons. The van der Waals surface area contributed by atoms with Crippen LogP contribution in [0.5, 0.6) is 0 Å². The highest BCUT2D eigenvalue weighted by Gasteiger charge is 2.34. The number of halogens is 3. The molecule has 1 heterocycles. The van der Waals surface area contributed by atoms with E-state index < -0.39 is 23.5 Å². The van der Waals surface area contributed by atoms with Gasteiger partial charge in [0.05, 0.1) is 25.9 Å². The van der Waals surface area contributed by atoms with Crippen LogP contribution in [-0.2, 0) is 22.5 Å². The summed E-state index contributed by atoms with van der Waals surface area (Å²) in [4.78, 5) is 14.0. The number of benzene rings is 2. The van der Waals surface area contributed by atoms with Crippen molar-refractivity contribution in [2.45, 2.75) is 30.7 Å². The predicted molar refractivity (Wildman–Crippen MR) is 105 cm³/mol. The third kappa shape index (κ3) is 5.90. The molecule has 4 nitrogen and oxygen atoms in total. The summed E-state index contributed by atoms with van der Waals surface area (Å²) >= 11 is 4.43. The fourth-order valence-corrected chi connectivity index (χ4v) is 3.66. The summed E-state index contributed by atoms with van der Waals surface area (Å²) in [5.74, 6) is -3.26. The topological polar surface area (TPSA) is 38.8 Å². The van der Waals surface area contributed by atoms with Gasteiger partial charge in [-0.25, -0.2) is 18.0 Å². The molecular formula is C21H22F3NO3S. The normalized spacial score (nSPS) is 18.8. The second kappa shape index (κ2) is 10.0. The molecule has 2 aromatic rings. The molecule has 1 aliphatic rings. The van der Waals surface area contributed by atoms with Gasteiger partial charge < -0.3 is 14.4 Å². The second-order valence-corrected chi connectivity index (χ2v) is 7.65. The van der Waals surface area contributed by atoms with Crippen LogP contribution in [-0.4, -0.2) is 42.0 Å². The number of hydrogen-bond donors (Lipinski definition) is 1. The molecule has 8 heteroatoms. The van der Waals surface area contributed by atoms with Crippen LogP contribution >= 0.6 is 12.6 Å². The van der Waals surface area contributed by atoms with Crippen LogP contribution in [0.1, 0.15) is 17.5 Å². The zero-order chi connectivity index (χ0) is 20.8. The third-order valence-electron chi connectivity index (χ3n) is 4.74. The number of ether oxygens (including phenoxy) is 2. The van der Waals surface area contributed by atoms with Crippen molar-refractivity contribution in [3.63, 3.8) is 0 Å². The molecule has 1 saturated heterocycles. The fourth-order valence-electron chi connectivity index (χ4n) is 3.24. The highest BCUT2D eigenvalue weighted by Crippen LogP contribution is 2.24. The second-order valence-electron chi connectivity index (χ2n) is 6.92. The Kier molecular flexibility index (Phi) is 7.44. The smallest absolute Gasteiger partial charge is 0.410 e. The maximum atomic E-state index is 13.7. The minimum absolute atomic E-state index is 0.0229. The number of carbonyl (C=O) groups excluding carboxylic acids is 1. The Morgan fingerprint density at radius 1 is 1.10 bits per heavy atom. The SMILES string of the molecule is O=C(OCCc1ccccc1)N1C[C@H](S)C[C@H]1COCc1cc(F)c(F)cc1F. The Bertz CT molecular complexity index is 837. The van der Waals surface area contributed by atoms with Gasteiger partial charge in [-0.2, -0.15) is 12.6 Å². The van der Waals surface area contributed by atoms with Gasteiger partial charge in [0.1, 0.15) is 5.82 Å². The molecule has 2 atom stereocenters. The summed E-state index contributed by atoms with van der Waals surface area (Å²) in [5, 5.41) is -0.0229. The average molecular weight is 425 g/mol. The van der Waals surface area contributed by atoms with Gasteiger partial charge in [-0.05, 0) is 18.1 Å². The van der Waals surface area contributed by atoms with E-state index in [1.165, 1.54) is 0 Å². The summed E-state index contributed by atoms with van der Waals surface area (Å²) in [6.07, 6.45) is 0.753. The van der Waals surface area contributed by atoms with Crippen molar-refractivity contribution in [3.8, 4) is 0 Å². The molecule has 156 valence electrons. The molecule has 0 saturated carbocycles. The van der Waals surface area contributed by atoms with Crippen LogP contribution in [0.3, 0.4) is 0 Å². The highest BCUT2D eigenvalue weighted by atomic mass is 32.1. The quantitative estimate of drug-likeness (QED) is 0.529. The van der Waals surface area contributed by atoms with E-state index in [-0.39, 0.29) is 36.7 Å². The first-order valence-corrected chi connectivity index (χ1v) is 9.82. The molecule has 29 heavy (non-hydrogen) atoms. The van der Waals surface area contributed by atoms with Gasteiger partial charge in [0.15, 0.2) is 11.6 Å². The van der Waals surface area contributed by atoms with Crippen LogP contribution < -0.4 is 0 Å².